The normalized spacial score (nSPS) is 16.3. The molecule has 0 saturated carbocycles. The highest BCUT2D eigenvalue weighted by atomic mass is 15.3. The predicted octanol–water partition coefficient (Wildman–Crippen LogP) is 3.08. The standard InChI is InChI=1S/C20H32N6/c1-6-7-16-13-21-15(2)22-19(16)26-10-8-25(9-11-26)14-17-12-18(24-23-17)20(3,4)5/h12-13H,6-11,14H2,1-5H3,(H,23,24). The van der Waals surface area contributed by atoms with E-state index in [1.807, 2.05) is 13.1 Å². The number of nitrogens with one attached hydrogen (secondary N) is 1. The summed E-state index contributed by atoms with van der Waals surface area (Å²) in [6.07, 6.45) is 4.17. The van der Waals surface area contributed by atoms with Crippen molar-refractivity contribution in [2.75, 3.05) is 31.1 Å². The van der Waals surface area contributed by atoms with Crippen molar-refractivity contribution in [3.05, 3.63) is 35.0 Å². The number of piperazine rings is 1. The maximum Gasteiger partial charge on any atom is 0.135 e. The average molecular weight is 357 g/mol. The van der Waals surface area contributed by atoms with E-state index in [2.05, 4.69) is 58.7 Å². The quantitative estimate of drug-likeness (QED) is 0.892. The van der Waals surface area contributed by atoms with Crippen LogP contribution < -0.4 is 4.90 Å². The second-order valence-corrected chi connectivity index (χ2v) is 8.31. The Bertz CT molecular complexity index is 722. The van der Waals surface area contributed by atoms with Crippen LogP contribution in [0.5, 0.6) is 0 Å². The van der Waals surface area contributed by atoms with E-state index in [9.17, 15) is 0 Å². The van der Waals surface area contributed by atoms with E-state index < -0.39 is 0 Å². The number of hydrogen-bond acceptors (Lipinski definition) is 5. The molecule has 6 nitrogen and oxygen atoms in total. The predicted molar refractivity (Wildman–Crippen MR) is 106 cm³/mol. The molecule has 0 bridgehead atoms. The number of anilines is 1. The van der Waals surface area contributed by atoms with Crippen LogP contribution in [-0.4, -0.2) is 51.2 Å². The zero-order valence-electron chi connectivity index (χ0n) is 16.8. The van der Waals surface area contributed by atoms with Gasteiger partial charge in [-0.1, -0.05) is 34.1 Å². The van der Waals surface area contributed by atoms with E-state index in [-0.39, 0.29) is 5.41 Å². The van der Waals surface area contributed by atoms with Crippen molar-refractivity contribution in [1.82, 2.24) is 25.1 Å². The summed E-state index contributed by atoms with van der Waals surface area (Å²) in [6, 6.07) is 2.21. The summed E-state index contributed by atoms with van der Waals surface area (Å²) in [5.41, 5.74) is 3.70. The molecule has 1 fully saturated rings. The summed E-state index contributed by atoms with van der Waals surface area (Å²) in [5.74, 6) is 1.99. The van der Waals surface area contributed by atoms with Gasteiger partial charge >= 0.3 is 0 Å². The van der Waals surface area contributed by atoms with Gasteiger partial charge in [0.15, 0.2) is 0 Å². The molecular weight excluding hydrogens is 324 g/mol. The minimum atomic E-state index is 0.0913. The Kier molecular flexibility index (Phi) is 5.61. The highest BCUT2D eigenvalue weighted by Crippen LogP contribution is 2.23. The van der Waals surface area contributed by atoms with E-state index in [1.54, 1.807) is 0 Å². The molecule has 0 amide bonds. The Labute approximate surface area is 157 Å². The van der Waals surface area contributed by atoms with Gasteiger partial charge < -0.3 is 4.90 Å². The van der Waals surface area contributed by atoms with Crippen LogP contribution in [0.25, 0.3) is 0 Å². The van der Waals surface area contributed by atoms with Gasteiger partial charge in [-0.25, -0.2) is 9.97 Å². The molecule has 142 valence electrons. The average Bonchev–Trinajstić information content (AvgIpc) is 3.06. The van der Waals surface area contributed by atoms with Crippen LogP contribution in [0.3, 0.4) is 0 Å². The first-order valence-corrected chi connectivity index (χ1v) is 9.71. The number of aryl methyl sites for hydroxylation is 2. The second-order valence-electron chi connectivity index (χ2n) is 8.31. The Morgan fingerprint density at radius 1 is 1.15 bits per heavy atom. The van der Waals surface area contributed by atoms with E-state index in [1.165, 1.54) is 11.3 Å². The van der Waals surface area contributed by atoms with Crippen molar-refractivity contribution in [3.8, 4) is 0 Å². The third-order valence-electron chi connectivity index (χ3n) is 4.95. The fourth-order valence-corrected chi connectivity index (χ4v) is 3.39. The number of aromatic nitrogens is 4. The monoisotopic (exact) mass is 356 g/mol. The molecule has 3 heterocycles. The molecule has 0 atom stereocenters. The first-order valence-electron chi connectivity index (χ1n) is 9.71. The molecule has 1 aliphatic heterocycles. The van der Waals surface area contributed by atoms with Crippen molar-refractivity contribution >= 4 is 5.82 Å². The van der Waals surface area contributed by atoms with E-state index in [4.69, 9.17) is 4.98 Å². The maximum absolute atomic E-state index is 4.73. The third-order valence-corrected chi connectivity index (χ3v) is 4.95. The number of aromatic amines is 1. The molecule has 0 unspecified atom stereocenters. The summed E-state index contributed by atoms with van der Waals surface area (Å²) in [7, 11) is 0. The lowest BCUT2D eigenvalue weighted by atomic mass is 9.92. The molecule has 0 aliphatic carbocycles. The minimum absolute atomic E-state index is 0.0913. The maximum atomic E-state index is 4.73. The molecule has 3 rings (SSSR count). The number of hydrogen-bond donors (Lipinski definition) is 1. The van der Waals surface area contributed by atoms with Gasteiger partial charge in [0.1, 0.15) is 11.6 Å². The summed E-state index contributed by atoms with van der Waals surface area (Å²) < 4.78 is 0. The molecule has 1 aliphatic rings. The van der Waals surface area contributed by atoms with E-state index >= 15 is 0 Å². The van der Waals surface area contributed by atoms with Crippen molar-refractivity contribution in [2.24, 2.45) is 0 Å². The number of nitrogens with zero attached hydrogens (tertiary/aromatic N) is 5. The van der Waals surface area contributed by atoms with E-state index in [0.717, 1.165) is 62.9 Å². The van der Waals surface area contributed by atoms with Gasteiger partial charge in [-0.05, 0) is 19.4 Å². The first-order chi connectivity index (χ1) is 12.4. The Hall–Kier alpha value is -1.95. The summed E-state index contributed by atoms with van der Waals surface area (Å²) in [5, 5.41) is 7.69. The first kappa shape index (κ1) is 18.8. The van der Waals surface area contributed by atoms with Crippen LogP contribution >= 0.6 is 0 Å². The van der Waals surface area contributed by atoms with Gasteiger partial charge in [0.2, 0.25) is 0 Å². The molecule has 0 radical (unpaired) electrons. The third kappa shape index (κ3) is 4.41. The van der Waals surface area contributed by atoms with Gasteiger partial charge in [0.25, 0.3) is 0 Å². The summed E-state index contributed by atoms with van der Waals surface area (Å²) in [4.78, 5) is 14.0. The van der Waals surface area contributed by atoms with Crippen molar-refractivity contribution < 1.29 is 0 Å². The van der Waals surface area contributed by atoms with E-state index in [0.29, 0.717) is 0 Å². The van der Waals surface area contributed by atoms with Crippen molar-refractivity contribution in [2.45, 2.75) is 59.4 Å². The van der Waals surface area contributed by atoms with Gasteiger partial charge in [-0.2, -0.15) is 5.10 Å². The number of rotatable bonds is 5. The molecule has 0 spiro atoms. The second kappa shape index (κ2) is 7.74. The lowest BCUT2D eigenvalue weighted by Gasteiger charge is -2.36. The Balaban J connectivity index is 1.61. The molecule has 1 saturated heterocycles. The summed E-state index contributed by atoms with van der Waals surface area (Å²) in [6.45, 7) is 15.8. The topological polar surface area (TPSA) is 60.9 Å². The summed E-state index contributed by atoms with van der Waals surface area (Å²) >= 11 is 0. The largest absolute Gasteiger partial charge is 0.354 e. The smallest absolute Gasteiger partial charge is 0.135 e. The van der Waals surface area contributed by atoms with Gasteiger partial charge in [-0.15, -0.1) is 0 Å². The van der Waals surface area contributed by atoms with Gasteiger partial charge in [0.05, 0.1) is 5.69 Å². The molecule has 2 aromatic heterocycles. The molecule has 6 heteroatoms. The zero-order valence-corrected chi connectivity index (χ0v) is 16.8. The SMILES string of the molecule is CCCc1cnc(C)nc1N1CCN(Cc2cc(C(C)(C)C)n[nH]2)CC1. The van der Waals surface area contributed by atoms with Gasteiger partial charge in [-0.3, -0.25) is 10.00 Å². The highest BCUT2D eigenvalue weighted by Gasteiger charge is 2.22. The zero-order chi connectivity index (χ0) is 18.7. The van der Waals surface area contributed by atoms with Crippen LogP contribution in [0.1, 0.15) is 56.9 Å². The van der Waals surface area contributed by atoms with Crippen LogP contribution in [0.15, 0.2) is 12.3 Å². The van der Waals surface area contributed by atoms with Gasteiger partial charge in [0, 0.05) is 55.6 Å². The van der Waals surface area contributed by atoms with Crippen LogP contribution in [-0.2, 0) is 18.4 Å². The van der Waals surface area contributed by atoms with Crippen LogP contribution in [0.4, 0.5) is 5.82 Å². The minimum Gasteiger partial charge on any atom is -0.354 e. The Morgan fingerprint density at radius 3 is 2.50 bits per heavy atom. The fraction of sp³-hybridized carbons (Fsp3) is 0.650. The molecule has 26 heavy (non-hydrogen) atoms. The fourth-order valence-electron chi connectivity index (χ4n) is 3.39. The lowest BCUT2D eigenvalue weighted by Crippen LogP contribution is -2.46. The highest BCUT2D eigenvalue weighted by molar-refractivity contribution is 5.46. The molecule has 1 N–H and O–H groups in total. The van der Waals surface area contributed by atoms with Crippen LogP contribution in [0, 0.1) is 6.92 Å². The lowest BCUT2D eigenvalue weighted by molar-refractivity contribution is 0.246. The molecule has 0 aromatic carbocycles. The molecular formula is C20H32N6. The van der Waals surface area contributed by atoms with Crippen molar-refractivity contribution in [1.29, 1.82) is 0 Å². The van der Waals surface area contributed by atoms with Crippen molar-refractivity contribution in [3.63, 3.8) is 0 Å². The Morgan fingerprint density at radius 2 is 1.88 bits per heavy atom. The van der Waals surface area contributed by atoms with Crippen LogP contribution in [0.2, 0.25) is 0 Å². The molecule has 2 aromatic rings. The number of H-pyrrole nitrogens is 1.